The van der Waals surface area contributed by atoms with Gasteiger partial charge < -0.3 is 5.32 Å². The molecule has 1 atom stereocenters. The fourth-order valence-corrected chi connectivity index (χ4v) is 5.01. The molecule has 174 valence electrons. The lowest BCUT2D eigenvalue weighted by atomic mass is 9.91. The van der Waals surface area contributed by atoms with Crippen LogP contribution >= 0.6 is 0 Å². The first-order valence-electron chi connectivity index (χ1n) is 10.4. The maximum absolute atomic E-state index is 15.0. The van der Waals surface area contributed by atoms with E-state index in [1.807, 2.05) is 0 Å². The zero-order valence-corrected chi connectivity index (χ0v) is 19.2. The minimum absolute atomic E-state index is 0.0231. The van der Waals surface area contributed by atoms with Gasteiger partial charge in [-0.1, -0.05) is 50.4 Å². The number of pyridine rings is 1. The highest BCUT2D eigenvalue weighted by molar-refractivity contribution is 7.90. The first-order chi connectivity index (χ1) is 16.2. The Morgan fingerprint density at radius 2 is 1.82 bits per heavy atom. The molecule has 1 aromatic heterocycles. The number of sulfonamides is 1. The van der Waals surface area contributed by atoms with Crippen molar-refractivity contribution in [3.63, 3.8) is 0 Å². The summed E-state index contributed by atoms with van der Waals surface area (Å²) < 4.78 is 57.6. The molecule has 0 saturated carbocycles. The van der Waals surface area contributed by atoms with E-state index in [0.717, 1.165) is 17.2 Å². The number of anilines is 1. The Balaban J connectivity index is 1.74. The van der Waals surface area contributed by atoms with Crippen LogP contribution in [0.5, 0.6) is 0 Å². The van der Waals surface area contributed by atoms with Gasteiger partial charge in [0.1, 0.15) is 16.5 Å². The van der Waals surface area contributed by atoms with Crippen LogP contribution in [0.2, 0.25) is 0 Å². The monoisotopic (exact) mass is 480 g/mol. The van der Waals surface area contributed by atoms with Gasteiger partial charge in [-0.3, -0.25) is 4.98 Å². The molecule has 0 spiro atoms. The number of nitrogens with one attached hydrogen (secondary N) is 2. The number of aromatic nitrogens is 1. The molecule has 2 heterocycles. The molecular weight excluding hydrogens is 458 g/mol. The highest BCUT2D eigenvalue weighted by atomic mass is 32.2. The molecule has 9 heteroatoms. The standard InChI is InChI=1S/C25H22F2N4O2S/c1-4-16-12-18(28-13-17(16)5-2)14-29-25-30-24-22(34(32,33)31-25)11-10-21(27)23(24)15(3)19-8-6-7-9-20(19)26/h4-13,15H,1-2,14H2,3H3,(H2,29,30,31)/t15-/m1/s1. The molecule has 0 amide bonds. The largest absolute Gasteiger partial charge is 0.324 e. The predicted octanol–water partition coefficient (Wildman–Crippen LogP) is 5.06. The van der Waals surface area contributed by atoms with Crippen LogP contribution in [-0.2, 0) is 16.6 Å². The predicted molar refractivity (Wildman–Crippen MR) is 130 cm³/mol. The van der Waals surface area contributed by atoms with Crippen LogP contribution in [0.15, 0.2) is 71.7 Å². The fourth-order valence-electron chi connectivity index (χ4n) is 3.85. The SMILES string of the molecule is C=Cc1cnc(CN=C2Nc3c(ccc(F)c3[C@H](C)c3ccccc3F)S(=O)(=O)N2)cc1C=C. The second-order valence-electron chi connectivity index (χ2n) is 7.69. The van der Waals surface area contributed by atoms with Gasteiger partial charge in [0, 0.05) is 17.7 Å². The zero-order valence-electron chi connectivity index (χ0n) is 18.3. The van der Waals surface area contributed by atoms with Gasteiger partial charge >= 0.3 is 0 Å². The molecule has 3 aromatic rings. The van der Waals surface area contributed by atoms with E-state index in [0.29, 0.717) is 5.69 Å². The molecule has 4 rings (SSSR count). The van der Waals surface area contributed by atoms with Gasteiger partial charge in [-0.25, -0.2) is 26.9 Å². The molecule has 2 N–H and O–H groups in total. The van der Waals surface area contributed by atoms with E-state index in [4.69, 9.17) is 0 Å². The van der Waals surface area contributed by atoms with Crippen molar-refractivity contribution >= 4 is 33.8 Å². The number of nitrogens with zero attached hydrogens (tertiary/aromatic N) is 2. The Morgan fingerprint density at radius 3 is 2.53 bits per heavy atom. The van der Waals surface area contributed by atoms with Crippen molar-refractivity contribution < 1.29 is 17.2 Å². The second kappa shape index (κ2) is 9.18. The van der Waals surface area contributed by atoms with Crippen LogP contribution in [0.25, 0.3) is 12.2 Å². The van der Waals surface area contributed by atoms with Crippen LogP contribution in [0.1, 0.15) is 40.8 Å². The number of fused-ring (bicyclic) bond motifs is 1. The topological polar surface area (TPSA) is 83.5 Å². The van der Waals surface area contributed by atoms with E-state index in [-0.39, 0.29) is 34.2 Å². The lowest BCUT2D eigenvalue weighted by Crippen LogP contribution is -2.41. The molecule has 6 nitrogen and oxygen atoms in total. The van der Waals surface area contributed by atoms with Gasteiger partial charge in [0.25, 0.3) is 10.0 Å². The van der Waals surface area contributed by atoms with Gasteiger partial charge in [0.15, 0.2) is 0 Å². The number of rotatable bonds is 6. The molecule has 1 aliphatic heterocycles. The highest BCUT2D eigenvalue weighted by Gasteiger charge is 2.32. The minimum Gasteiger partial charge on any atom is -0.324 e. The van der Waals surface area contributed by atoms with Crippen LogP contribution in [0.4, 0.5) is 14.5 Å². The summed E-state index contributed by atoms with van der Waals surface area (Å²) in [6, 6.07) is 10.00. The number of hydrogen-bond donors (Lipinski definition) is 2. The van der Waals surface area contributed by atoms with Crippen LogP contribution < -0.4 is 10.0 Å². The Morgan fingerprint density at radius 1 is 1.09 bits per heavy atom. The fraction of sp³-hybridized carbons (Fsp3) is 0.120. The zero-order chi connectivity index (χ0) is 24.5. The smallest absolute Gasteiger partial charge is 0.266 e. The van der Waals surface area contributed by atoms with Gasteiger partial charge in [-0.05, 0) is 41.0 Å². The Kier molecular flexibility index (Phi) is 6.30. The third-order valence-corrected chi connectivity index (χ3v) is 6.97. The average Bonchev–Trinajstić information content (AvgIpc) is 2.81. The molecule has 2 aromatic carbocycles. The average molecular weight is 481 g/mol. The molecule has 0 aliphatic carbocycles. The Hall–Kier alpha value is -3.85. The summed E-state index contributed by atoms with van der Waals surface area (Å²) in [4.78, 5) is 8.45. The number of halogens is 2. The number of aliphatic imine (C=N–C) groups is 1. The first kappa shape index (κ1) is 23.3. The maximum Gasteiger partial charge on any atom is 0.266 e. The normalized spacial score (nSPS) is 16.1. The lowest BCUT2D eigenvalue weighted by molar-refractivity contribution is 0.577. The number of hydrogen-bond acceptors (Lipinski definition) is 4. The number of guanidine groups is 1. The molecule has 0 radical (unpaired) electrons. The summed E-state index contributed by atoms with van der Waals surface area (Å²) >= 11 is 0. The van der Waals surface area contributed by atoms with Crippen molar-refractivity contribution in [1.29, 1.82) is 0 Å². The van der Waals surface area contributed by atoms with Crippen molar-refractivity contribution in [3.05, 3.63) is 101 Å². The highest BCUT2D eigenvalue weighted by Crippen LogP contribution is 2.38. The van der Waals surface area contributed by atoms with E-state index < -0.39 is 27.6 Å². The maximum atomic E-state index is 15.0. The van der Waals surface area contributed by atoms with Crippen molar-refractivity contribution in [1.82, 2.24) is 9.71 Å². The summed E-state index contributed by atoms with van der Waals surface area (Å²) in [6.45, 7) is 9.15. The second-order valence-corrected chi connectivity index (χ2v) is 9.34. The Bertz CT molecular complexity index is 1430. The summed E-state index contributed by atoms with van der Waals surface area (Å²) in [5.41, 5.74) is 2.48. The van der Waals surface area contributed by atoms with Crippen molar-refractivity contribution in [2.24, 2.45) is 4.99 Å². The van der Waals surface area contributed by atoms with E-state index in [9.17, 15) is 17.2 Å². The van der Waals surface area contributed by atoms with Gasteiger partial charge in [0.2, 0.25) is 5.96 Å². The Labute approximate surface area is 196 Å². The lowest BCUT2D eigenvalue weighted by Gasteiger charge is -2.26. The summed E-state index contributed by atoms with van der Waals surface area (Å²) in [6.07, 6.45) is 4.93. The minimum atomic E-state index is -4.04. The van der Waals surface area contributed by atoms with Crippen molar-refractivity contribution in [3.8, 4) is 0 Å². The summed E-state index contributed by atoms with van der Waals surface area (Å²) in [7, 11) is -4.04. The van der Waals surface area contributed by atoms with E-state index >= 15 is 0 Å². The third kappa shape index (κ3) is 4.34. The van der Waals surface area contributed by atoms with Gasteiger partial charge in [0.05, 0.1) is 17.9 Å². The van der Waals surface area contributed by atoms with Crippen LogP contribution in [0.3, 0.4) is 0 Å². The summed E-state index contributed by atoms with van der Waals surface area (Å²) in [5.74, 6) is -2.02. The van der Waals surface area contributed by atoms with Gasteiger partial charge in [-0.2, -0.15) is 0 Å². The van der Waals surface area contributed by atoms with Crippen molar-refractivity contribution in [2.45, 2.75) is 24.3 Å². The van der Waals surface area contributed by atoms with Crippen molar-refractivity contribution in [2.75, 3.05) is 5.32 Å². The van der Waals surface area contributed by atoms with Crippen LogP contribution in [-0.4, -0.2) is 19.4 Å². The molecule has 0 saturated heterocycles. The van der Waals surface area contributed by atoms with E-state index in [1.165, 1.54) is 18.2 Å². The summed E-state index contributed by atoms with van der Waals surface area (Å²) in [5, 5.41) is 2.89. The van der Waals surface area contributed by atoms with E-state index in [1.54, 1.807) is 43.5 Å². The molecule has 0 fully saturated rings. The van der Waals surface area contributed by atoms with E-state index in [2.05, 4.69) is 33.2 Å². The van der Waals surface area contributed by atoms with Crippen LogP contribution in [0, 0.1) is 11.6 Å². The third-order valence-electron chi connectivity index (χ3n) is 5.59. The molecule has 1 aliphatic rings. The quantitative estimate of drug-likeness (QED) is 0.517. The number of benzene rings is 2. The molecule has 0 bridgehead atoms. The molecule has 0 unspecified atom stereocenters. The molecular formula is C25H22F2N4O2S. The molecule has 34 heavy (non-hydrogen) atoms. The van der Waals surface area contributed by atoms with Gasteiger partial charge in [-0.15, -0.1) is 0 Å². The first-order valence-corrected chi connectivity index (χ1v) is 11.9.